The van der Waals surface area contributed by atoms with Gasteiger partial charge in [0.05, 0.1) is 6.61 Å². The maximum Gasteiger partial charge on any atom is 0.191 e. The third-order valence-electron chi connectivity index (χ3n) is 4.17. The number of ether oxygens (including phenoxy) is 1. The van der Waals surface area contributed by atoms with E-state index in [1.54, 1.807) is 13.1 Å². The molecule has 126 valence electrons. The Morgan fingerprint density at radius 3 is 2.92 bits per heavy atom. The van der Waals surface area contributed by atoms with Gasteiger partial charge in [0, 0.05) is 26.1 Å². The van der Waals surface area contributed by atoms with Gasteiger partial charge in [-0.25, -0.2) is 4.39 Å². The van der Waals surface area contributed by atoms with Crippen molar-refractivity contribution in [3.63, 3.8) is 0 Å². The van der Waals surface area contributed by atoms with Crippen molar-refractivity contribution in [3.05, 3.63) is 65.5 Å². The lowest BCUT2D eigenvalue weighted by Crippen LogP contribution is -2.39. The molecule has 0 saturated carbocycles. The largest absolute Gasteiger partial charge is 0.493 e. The molecule has 0 bridgehead atoms. The SMILES string of the molecule is CN=C(NCc1cccc(F)c1)NCC1CCOc2ccccc21. The normalized spacial score (nSPS) is 16.9. The van der Waals surface area contributed by atoms with Crippen molar-refractivity contribution in [2.75, 3.05) is 20.2 Å². The number of halogens is 1. The first-order valence-corrected chi connectivity index (χ1v) is 8.17. The second kappa shape index (κ2) is 7.81. The Balaban J connectivity index is 1.55. The van der Waals surface area contributed by atoms with Gasteiger partial charge >= 0.3 is 0 Å². The first-order chi connectivity index (χ1) is 11.8. The fourth-order valence-electron chi connectivity index (χ4n) is 2.90. The zero-order chi connectivity index (χ0) is 16.8. The molecular weight excluding hydrogens is 305 g/mol. The maximum absolute atomic E-state index is 13.2. The zero-order valence-corrected chi connectivity index (χ0v) is 13.8. The number of benzene rings is 2. The fourth-order valence-corrected chi connectivity index (χ4v) is 2.90. The van der Waals surface area contributed by atoms with Gasteiger partial charge < -0.3 is 15.4 Å². The van der Waals surface area contributed by atoms with Crippen LogP contribution < -0.4 is 15.4 Å². The highest BCUT2D eigenvalue weighted by molar-refractivity contribution is 5.79. The van der Waals surface area contributed by atoms with Gasteiger partial charge in [0.15, 0.2) is 5.96 Å². The number of nitrogens with zero attached hydrogens (tertiary/aromatic N) is 1. The number of nitrogens with one attached hydrogen (secondary N) is 2. The Hall–Kier alpha value is -2.56. The number of guanidine groups is 1. The Morgan fingerprint density at radius 1 is 1.21 bits per heavy atom. The average Bonchev–Trinajstić information content (AvgIpc) is 2.62. The summed E-state index contributed by atoms with van der Waals surface area (Å²) in [5, 5.41) is 6.57. The second-order valence-electron chi connectivity index (χ2n) is 5.81. The van der Waals surface area contributed by atoms with E-state index in [1.165, 1.54) is 17.7 Å². The van der Waals surface area contributed by atoms with E-state index in [2.05, 4.69) is 21.7 Å². The number of hydrogen-bond acceptors (Lipinski definition) is 2. The van der Waals surface area contributed by atoms with Crippen molar-refractivity contribution >= 4 is 5.96 Å². The summed E-state index contributed by atoms with van der Waals surface area (Å²) in [7, 11) is 1.73. The van der Waals surface area contributed by atoms with Crippen LogP contribution in [0.5, 0.6) is 5.75 Å². The van der Waals surface area contributed by atoms with Gasteiger partial charge in [0.1, 0.15) is 11.6 Å². The highest BCUT2D eigenvalue weighted by atomic mass is 19.1. The Bertz CT molecular complexity index is 717. The minimum atomic E-state index is -0.226. The third-order valence-corrected chi connectivity index (χ3v) is 4.17. The number of para-hydroxylation sites is 1. The molecule has 5 heteroatoms. The van der Waals surface area contributed by atoms with Crippen LogP contribution in [0.3, 0.4) is 0 Å². The zero-order valence-electron chi connectivity index (χ0n) is 13.8. The molecule has 1 atom stereocenters. The third kappa shape index (κ3) is 4.04. The van der Waals surface area contributed by atoms with Crippen LogP contribution in [0.15, 0.2) is 53.5 Å². The van der Waals surface area contributed by atoms with Crippen LogP contribution in [0.25, 0.3) is 0 Å². The van der Waals surface area contributed by atoms with Gasteiger partial charge in [0.25, 0.3) is 0 Å². The molecule has 0 fully saturated rings. The smallest absolute Gasteiger partial charge is 0.191 e. The van der Waals surface area contributed by atoms with Gasteiger partial charge in [-0.2, -0.15) is 0 Å². The molecule has 1 unspecified atom stereocenters. The topological polar surface area (TPSA) is 45.7 Å². The van der Waals surface area contributed by atoms with E-state index in [4.69, 9.17) is 4.74 Å². The lowest BCUT2D eigenvalue weighted by molar-refractivity contribution is 0.267. The Kier molecular flexibility index (Phi) is 5.31. The monoisotopic (exact) mass is 327 g/mol. The fraction of sp³-hybridized carbons (Fsp3) is 0.316. The van der Waals surface area contributed by atoms with E-state index in [0.29, 0.717) is 18.4 Å². The lowest BCUT2D eigenvalue weighted by Gasteiger charge is -2.26. The molecule has 2 N–H and O–H groups in total. The van der Waals surface area contributed by atoms with Crippen LogP contribution in [-0.4, -0.2) is 26.2 Å². The van der Waals surface area contributed by atoms with Crippen molar-refractivity contribution in [2.45, 2.75) is 18.9 Å². The summed E-state index contributed by atoms with van der Waals surface area (Å²) in [5.74, 6) is 1.85. The Labute approximate surface area is 141 Å². The molecule has 1 aliphatic heterocycles. The Morgan fingerprint density at radius 2 is 2.08 bits per heavy atom. The summed E-state index contributed by atoms with van der Waals surface area (Å²) < 4.78 is 18.9. The van der Waals surface area contributed by atoms with Crippen LogP contribution in [0.4, 0.5) is 4.39 Å². The quantitative estimate of drug-likeness (QED) is 0.670. The summed E-state index contributed by atoms with van der Waals surface area (Å²) in [5.41, 5.74) is 2.12. The van der Waals surface area contributed by atoms with Crippen molar-refractivity contribution in [2.24, 2.45) is 4.99 Å². The van der Waals surface area contributed by atoms with Crippen molar-refractivity contribution in [1.82, 2.24) is 10.6 Å². The number of rotatable bonds is 4. The molecule has 0 aliphatic carbocycles. The molecule has 2 aromatic carbocycles. The summed E-state index contributed by atoms with van der Waals surface area (Å²) in [6, 6.07) is 14.7. The van der Waals surface area contributed by atoms with Gasteiger partial charge in [-0.3, -0.25) is 4.99 Å². The minimum Gasteiger partial charge on any atom is -0.493 e. The van der Waals surface area contributed by atoms with E-state index in [9.17, 15) is 4.39 Å². The minimum absolute atomic E-state index is 0.226. The first-order valence-electron chi connectivity index (χ1n) is 8.17. The summed E-state index contributed by atoms with van der Waals surface area (Å²) >= 11 is 0. The molecule has 1 aliphatic rings. The van der Waals surface area contributed by atoms with E-state index >= 15 is 0 Å². The maximum atomic E-state index is 13.2. The van der Waals surface area contributed by atoms with Crippen LogP contribution >= 0.6 is 0 Å². The highest BCUT2D eigenvalue weighted by Crippen LogP contribution is 2.32. The van der Waals surface area contributed by atoms with Gasteiger partial charge in [0.2, 0.25) is 0 Å². The molecule has 4 nitrogen and oxygen atoms in total. The predicted octanol–water partition coefficient (Wildman–Crippen LogP) is 3.06. The second-order valence-corrected chi connectivity index (χ2v) is 5.81. The summed E-state index contributed by atoms with van der Waals surface area (Å²) in [6.45, 7) is 2.05. The van der Waals surface area contributed by atoms with Crippen LogP contribution in [0.1, 0.15) is 23.5 Å². The first kappa shape index (κ1) is 16.3. The number of fused-ring (bicyclic) bond motifs is 1. The molecule has 0 spiro atoms. The van der Waals surface area contributed by atoms with Crippen molar-refractivity contribution < 1.29 is 9.13 Å². The predicted molar refractivity (Wildman–Crippen MR) is 93.9 cm³/mol. The van der Waals surface area contributed by atoms with E-state index in [-0.39, 0.29) is 5.82 Å². The van der Waals surface area contributed by atoms with Gasteiger partial charge in [-0.15, -0.1) is 0 Å². The number of hydrogen-bond donors (Lipinski definition) is 2. The van der Waals surface area contributed by atoms with Crippen molar-refractivity contribution in [3.8, 4) is 5.75 Å². The standard InChI is InChI=1S/C19H22FN3O/c1-21-19(22-12-14-5-4-6-16(20)11-14)23-13-15-9-10-24-18-8-3-2-7-17(15)18/h2-8,11,15H,9-10,12-13H2,1H3,(H2,21,22,23). The summed E-state index contributed by atoms with van der Waals surface area (Å²) in [6.07, 6.45) is 0.977. The van der Waals surface area contributed by atoms with Crippen molar-refractivity contribution in [1.29, 1.82) is 0 Å². The lowest BCUT2D eigenvalue weighted by atomic mass is 9.93. The highest BCUT2D eigenvalue weighted by Gasteiger charge is 2.20. The molecule has 0 saturated heterocycles. The molecule has 3 rings (SSSR count). The van der Waals surface area contributed by atoms with Crippen LogP contribution in [-0.2, 0) is 6.54 Å². The molecule has 0 aromatic heterocycles. The number of aliphatic imine (C=N–C) groups is 1. The molecule has 2 aromatic rings. The van der Waals surface area contributed by atoms with E-state index < -0.39 is 0 Å². The van der Waals surface area contributed by atoms with Crippen LogP contribution in [0.2, 0.25) is 0 Å². The molecule has 0 amide bonds. The molecule has 0 radical (unpaired) electrons. The van der Waals surface area contributed by atoms with Gasteiger partial charge in [-0.05, 0) is 35.7 Å². The van der Waals surface area contributed by atoms with Crippen LogP contribution in [0, 0.1) is 5.82 Å². The van der Waals surface area contributed by atoms with E-state index in [0.717, 1.165) is 30.9 Å². The molecule has 1 heterocycles. The molecule has 24 heavy (non-hydrogen) atoms. The van der Waals surface area contributed by atoms with E-state index in [1.807, 2.05) is 24.3 Å². The summed E-state index contributed by atoms with van der Waals surface area (Å²) in [4.78, 5) is 4.24. The molecular formula is C19H22FN3O. The average molecular weight is 327 g/mol. The van der Waals surface area contributed by atoms with Gasteiger partial charge in [-0.1, -0.05) is 30.3 Å².